The van der Waals surface area contributed by atoms with Gasteiger partial charge in [-0.15, -0.1) is 0 Å². The first-order valence-electron chi connectivity index (χ1n) is 7.60. The molecule has 114 valence electrons. The molecule has 0 unspecified atom stereocenters. The van der Waals surface area contributed by atoms with E-state index in [0.29, 0.717) is 12.5 Å². The Morgan fingerprint density at radius 1 is 1.35 bits per heavy atom. The summed E-state index contributed by atoms with van der Waals surface area (Å²) in [6, 6.07) is 1.59. The van der Waals surface area contributed by atoms with Gasteiger partial charge in [0.05, 0.1) is 6.20 Å². The molecule has 1 heterocycles. The van der Waals surface area contributed by atoms with E-state index in [2.05, 4.69) is 36.0 Å². The van der Waals surface area contributed by atoms with Crippen molar-refractivity contribution in [3.63, 3.8) is 0 Å². The van der Waals surface area contributed by atoms with Crippen molar-refractivity contribution in [1.29, 1.82) is 0 Å². The van der Waals surface area contributed by atoms with Gasteiger partial charge < -0.3 is 10.2 Å². The molecule has 0 bridgehead atoms. The summed E-state index contributed by atoms with van der Waals surface area (Å²) in [5.41, 5.74) is 0.935. The largest absolute Gasteiger partial charge is 0.359 e. The van der Waals surface area contributed by atoms with Crippen LogP contribution < -0.4 is 10.2 Å². The van der Waals surface area contributed by atoms with Gasteiger partial charge in [0.1, 0.15) is 11.6 Å². The fraction of sp³-hybridized carbons (Fsp3) is 0.688. The van der Waals surface area contributed by atoms with Crippen molar-refractivity contribution in [3.8, 4) is 0 Å². The van der Waals surface area contributed by atoms with E-state index in [4.69, 9.17) is 0 Å². The van der Waals surface area contributed by atoms with E-state index in [0.717, 1.165) is 30.9 Å². The summed E-state index contributed by atoms with van der Waals surface area (Å²) in [5, 5.41) is 3.36. The summed E-state index contributed by atoms with van der Waals surface area (Å²) in [6.45, 7) is 9.07. The third-order valence-corrected chi connectivity index (χ3v) is 3.24. The number of nitrogens with zero attached hydrogens (tertiary/aromatic N) is 2. The Hall–Kier alpha value is -1.16. The van der Waals surface area contributed by atoms with E-state index in [1.54, 1.807) is 6.07 Å². The maximum Gasteiger partial charge on any atom is 0.141 e. The van der Waals surface area contributed by atoms with E-state index in [1.807, 2.05) is 7.05 Å². The molecule has 0 saturated heterocycles. The second-order valence-electron chi connectivity index (χ2n) is 5.79. The van der Waals surface area contributed by atoms with Crippen molar-refractivity contribution >= 4 is 5.82 Å². The van der Waals surface area contributed by atoms with Crippen LogP contribution >= 0.6 is 0 Å². The van der Waals surface area contributed by atoms with Gasteiger partial charge in [0.25, 0.3) is 0 Å². The van der Waals surface area contributed by atoms with E-state index < -0.39 is 0 Å². The number of aromatic nitrogens is 1. The minimum Gasteiger partial charge on any atom is -0.359 e. The van der Waals surface area contributed by atoms with E-state index in [9.17, 15) is 4.39 Å². The standard InChI is InChI=1S/C16H28FN3/c1-5-6-7-8-20(4)16-14(9-15(17)12-19-16)11-18-10-13(2)3/h9,12-13,18H,5-8,10-11H2,1-4H3. The average Bonchev–Trinajstić information content (AvgIpc) is 2.38. The lowest BCUT2D eigenvalue weighted by molar-refractivity contribution is 0.548. The van der Waals surface area contributed by atoms with Crippen molar-refractivity contribution in [1.82, 2.24) is 10.3 Å². The third-order valence-electron chi connectivity index (χ3n) is 3.24. The summed E-state index contributed by atoms with van der Waals surface area (Å²) in [5.74, 6) is 1.21. The molecule has 0 aliphatic rings. The number of pyridine rings is 1. The fourth-order valence-electron chi connectivity index (χ4n) is 2.15. The van der Waals surface area contributed by atoms with Crippen molar-refractivity contribution in [2.75, 3.05) is 25.0 Å². The number of rotatable bonds is 9. The zero-order chi connectivity index (χ0) is 15.0. The minimum atomic E-state index is -0.267. The van der Waals surface area contributed by atoms with Gasteiger partial charge in [-0.25, -0.2) is 9.37 Å². The molecule has 1 aromatic heterocycles. The summed E-state index contributed by atoms with van der Waals surface area (Å²) in [4.78, 5) is 6.39. The highest BCUT2D eigenvalue weighted by Gasteiger charge is 2.10. The summed E-state index contributed by atoms with van der Waals surface area (Å²) >= 11 is 0. The van der Waals surface area contributed by atoms with Crippen LogP contribution in [0.1, 0.15) is 45.6 Å². The molecular formula is C16H28FN3. The number of halogens is 1. The molecule has 1 aromatic rings. The molecule has 0 spiro atoms. The number of anilines is 1. The SMILES string of the molecule is CCCCCN(C)c1ncc(F)cc1CNCC(C)C. The number of hydrogen-bond acceptors (Lipinski definition) is 3. The third kappa shape index (κ3) is 5.87. The second-order valence-corrected chi connectivity index (χ2v) is 5.79. The molecule has 20 heavy (non-hydrogen) atoms. The van der Waals surface area contributed by atoms with E-state index >= 15 is 0 Å². The molecule has 3 nitrogen and oxygen atoms in total. The Balaban J connectivity index is 2.68. The molecular weight excluding hydrogens is 253 g/mol. The molecule has 0 radical (unpaired) electrons. The van der Waals surface area contributed by atoms with Crippen molar-refractivity contribution in [2.24, 2.45) is 5.92 Å². The monoisotopic (exact) mass is 281 g/mol. The zero-order valence-corrected chi connectivity index (χ0v) is 13.2. The van der Waals surface area contributed by atoms with Gasteiger partial charge in [-0.05, 0) is 24.9 Å². The van der Waals surface area contributed by atoms with Crippen LogP contribution in [-0.4, -0.2) is 25.1 Å². The van der Waals surface area contributed by atoms with Crippen LogP contribution in [-0.2, 0) is 6.54 Å². The molecule has 0 amide bonds. The number of nitrogens with one attached hydrogen (secondary N) is 1. The molecule has 0 aromatic carbocycles. The highest BCUT2D eigenvalue weighted by atomic mass is 19.1. The quantitative estimate of drug-likeness (QED) is 0.701. The zero-order valence-electron chi connectivity index (χ0n) is 13.2. The molecule has 0 atom stereocenters. The lowest BCUT2D eigenvalue weighted by Gasteiger charge is -2.21. The van der Waals surface area contributed by atoms with Crippen LogP contribution in [0.25, 0.3) is 0 Å². The Kier molecular flexibility index (Phi) is 7.52. The number of unbranched alkanes of at least 4 members (excludes halogenated alkanes) is 2. The molecule has 1 rings (SSSR count). The fourth-order valence-corrected chi connectivity index (χ4v) is 2.15. The lowest BCUT2D eigenvalue weighted by atomic mass is 10.2. The summed E-state index contributed by atoms with van der Waals surface area (Å²) in [7, 11) is 2.03. The topological polar surface area (TPSA) is 28.2 Å². The molecule has 4 heteroatoms. The van der Waals surface area contributed by atoms with Crippen molar-refractivity contribution < 1.29 is 4.39 Å². The predicted molar refractivity (Wildman–Crippen MR) is 83.5 cm³/mol. The minimum absolute atomic E-state index is 0.267. The van der Waals surface area contributed by atoms with E-state index in [1.165, 1.54) is 19.0 Å². The Labute approximate surface area is 122 Å². The molecule has 0 fully saturated rings. The van der Waals surface area contributed by atoms with Crippen LogP contribution in [0.2, 0.25) is 0 Å². The smallest absolute Gasteiger partial charge is 0.141 e. The Morgan fingerprint density at radius 3 is 2.75 bits per heavy atom. The highest BCUT2D eigenvalue weighted by molar-refractivity contribution is 5.46. The first-order valence-corrected chi connectivity index (χ1v) is 7.60. The molecule has 0 aliphatic heterocycles. The Morgan fingerprint density at radius 2 is 2.10 bits per heavy atom. The van der Waals surface area contributed by atoms with Crippen LogP contribution in [0.4, 0.5) is 10.2 Å². The summed E-state index contributed by atoms with van der Waals surface area (Å²) < 4.78 is 13.4. The first kappa shape index (κ1) is 16.9. The normalized spacial score (nSPS) is 11.1. The van der Waals surface area contributed by atoms with Crippen LogP contribution in [0.3, 0.4) is 0 Å². The van der Waals surface area contributed by atoms with E-state index in [-0.39, 0.29) is 5.82 Å². The molecule has 1 N–H and O–H groups in total. The van der Waals surface area contributed by atoms with Crippen molar-refractivity contribution in [2.45, 2.75) is 46.6 Å². The van der Waals surface area contributed by atoms with Gasteiger partial charge in [0.2, 0.25) is 0 Å². The second kappa shape index (κ2) is 8.90. The average molecular weight is 281 g/mol. The van der Waals surface area contributed by atoms with Crippen LogP contribution in [0, 0.1) is 11.7 Å². The summed E-state index contributed by atoms with van der Waals surface area (Å²) in [6.07, 6.45) is 4.86. The maximum atomic E-state index is 13.4. The van der Waals surface area contributed by atoms with Gasteiger partial charge in [-0.2, -0.15) is 0 Å². The van der Waals surface area contributed by atoms with Gasteiger partial charge in [-0.3, -0.25) is 0 Å². The predicted octanol–water partition coefficient (Wildman–Crippen LogP) is 3.59. The Bertz CT molecular complexity index is 393. The van der Waals surface area contributed by atoms with Gasteiger partial charge >= 0.3 is 0 Å². The van der Waals surface area contributed by atoms with Crippen LogP contribution in [0.5, 0.6) is 0 Å². The molecule has 0 aliphatic carbocycles. The van der Waals surface area contributed by atoms with Gasteiger partial charge in [0.15, 0.2) is 0 Å². The highest BCUT2D eigenvalue weighted by Crippen LogP contribution is 2.18. The van der Waals surface area contributed by atoms with Crippen molar-refractivity contribution in [3.05, 3.63) is 23.6 Å². The maximum absolute atomic E-state index is 13.4. The van der Waals surface area contributed by atoms with Crippen LogP contribution in [0.15, 0.2) is 12.3 Å². The lowest BCUT2D eigenvalue weighted by Crippen LogP contribution is -2.25. The van der Waals surface area contributed by atoms with Gasteiger partial charge in [0, 0.05) is 25.7 Å². The van der Waals surface area contributed by atoms with Gasteiger partial charge in [-0.1, -0.05) is 33.6 Å². The first-order chi connectivity index (χ1) is 9.54. The number of hydrogen-bond donors (Lipinski definition) is 1. The molecule has 0 saturated carbocycles.